The Labute approximate surface area is 100 Å². The van der Waals surface area contributed by atoms with Crippen molar-refractivity contribution in [3.63, 3.8) is 0 Å². The number of hydrogen-bond acceptors (Lipinski definition) is 0. The fourth-order valence-corrected chi connectivity index (χ4v) is 2.10. The molecule has 16 heavy (non-hydrogen) atoms. The van der Waals surface area contributed by atoms with Crippen LogP contribution < -0.4 is 4.57 Å². The summed E-state index contributed by atoms with van der Waals surface area (Å²) in [6, 6.07) is 0. The summed E-state index contributed by atoms with van der Waals surface area (Å²) in [5, 5.41) is 0. The van der Waals surface area contributed by atoms with Crippen molar-refractivity contribution >= 4 is 0 Å². The van der Waals surface area contributed by atoms with Crippen LogP contribution in [0.1, 0.15) is 58.7 Å². The first kappa shape index (κ1) is 13.3. The van der Waals surface area contributed by atoms with Gasteiger partial charge < -0.3 is 0 Å². The zero-order chi connectivity index (χ0) is 11.8. The zero-order valence-corrected chi connectivity index (χ0v) is 11.2. The predicted molar refractivity (Wildman–Crippen MR) is 68.4 cm³/mol. The third-order valence-corrected chi connectivity index (χ3v) is 3.06. The van der Waals surface area contributed by atoms with Crippen molar-refractivity contribution in [3.8, 4) is 0 Å². The van der Waals surface area contributed by atoms with Crippen LogP contribution in [0.2, 0.25) is 0 Å². The fourth-order valence-electron chi connectivity index (χ4n) is 2.10. The molecule has 0 amide bonds. The standard InChI is InChI=1S/C14H27N2/c1-4-7-9-14-15(10-6-3)12-13-16(14)11-8-5-2/h12-13H,4-11H2,1-3H3/q+1. The first-order valence-corrected chi connectivity index (χ1v) is 6.90. The van der Waals surface area contributed by atoms with Gasteiger partial charge in [-0.1, -0.05) is 33.6 Å². The Morgan fingerprint density at radius 2 is 1.81 bits per heavy atom. The molecule has 0 aliphatic heterocycles. The Balaban J connectivity index is 2.72. The van der Waals surface area contributed by atoms with Crippen LogP contribution in [0.4, 0.5) is 0 Å². The van der Waals surface area contributed by atoms with Crippen LogP contribution in [-0.4, -0.2) is 4.57 Å². The van der Waals surface area contributed by atoms with Crippen molar-refractivity contribution in [1.82, 2.24) is 4.57 Å². The van der Waals surface area contributed by atoms with Crippen molar-refractivity contribution in [1.29, 1.82) is 0 Å². The highest BCUT2D eigenvalue weighted by Crippen LogP contribution is 2.04. The van der Waals surface area contributed by atoms with E-state index in [4.69, 9.17) is 0 Å². The second-order valence-electron chi connectivity index (χ2n) is 4.56. The van der Waals surface area contributed by atoms with Gasteiger partial charge in [0.2, 0.25) is 0 Å². The smallest absolute Gasteiger partial charge is 0.234 e. The van der Waals surface area contributed by atoms with Crippen LogP contribution in [-0.2, 0) is 19.5 Å². The Kier molecular flexibility index (Phi) is 6.20. The van der Waals surface area contributed by atoms with Crippen molar-refractivity contribution in [2.75, 3.05) is 0 Å². The van der Waals surface area contributed by atoms with Crippen LogP contribution >= 0.6 is 0 Å². The molecule has 1 heterocycles. The summed E-state index contributed by atoms with van der Waals surface area (Å²) in [4.78, 5) is 0. The van der Waals surface area contributed by atoms with Gasteiger partial charge in [-0.25, -0.2) is 9.13 Å². The van der Waals surface area contributed by atoms with Gasteiger partial charge in [-0.15, -0.1) is 0 Å². The van der Waals surface area contributed by atoms with Gasteiger partial charge in [0.15, 0.2) is 0 Å². The number of hydrogen-bond donors (Lipinski definition) is 0. The summed E-state index contributed by atoms with van der Waals surface area (Å²) in [6.45, 7) is 9.13. The van der Waals surface area contributed by atoms with E-state index >= 15 is 0 Å². The van der Waals surface area contributed by atoms with Gasteiger partial charge >= 0.3 is 0 Å². The first-order valence-electron chi connectivity index (χ1n) is 6.90. The molecule has 0 aromatic carbocycles. The van der Waals surface area contributed by atoms with Crippen LogP contribution in [0.3, 0.4) is 0 Å². The molecule has 0 radical (unpaired) electrons. The molecule has 0 aliphatic carbocycles. The Hall–Kier alpha value is -0.790. The van der Waals surface area contributed by atoms with Crippen LogP contribution in [0.5, 0.6) is 0 Å². The molecular weight excluding hydrogens is 196 g/mol. The average Bonchev–Trinajstić information content (AvgIpc) is 2.67. The van der Waals surface area contributed by atoms with E-state index in [9.17, 15) is 0 Å². The Bertz CT molecular complexity index is 289. The molecule has 0 bridgehead atoms. The molecule has 1 aromatic heterocycles. The van der Waals surface area contributed by atoms with E-state index in [1.54, 1.807) is 0 Å². The topological polar surface area (TPSA) is 8.81 Å². The van der Waals surface area contributed by atoms with Crippen LogP contribution in [0, 0.1) is 0 Å². The Morgan fingerprint density at radius 1 is 1.06 bits per heavy atom. The molecule has 0 N–H and O–H groups in total. The van der Waals surface area contributed by atoms with Gasteiger partial charge in [-0.2, -0.15) is 0 Å². The van der Waals surface area contributed by atoms with E-state index in [1.165, 1.54) is 50.9 Å². The van der Waals surface area contributed by atoms with Gasteiger partial charge in [-0.3, -0.25) is 0 Å². The third-order valence-electron chi connectivity index (χ3n) is 3.06. The minimum Gasteiger partial charge on any atom is -0.234 e. The summed E-state index contributed by atoms with van der Waals surface area (Å²) < 4.78 is 4.89. The molecule has 0 unspecified atom stereocenters. The minimum atomic E-state index is 1.16. The second-order valence-corrected chi connectivity index (χ2v) is 4.56. The summed E-state index contributed by atoms with van der Waals surface area (Å²) in [5.74, 6) is 1.53. The minimum absolute atomic E-state index is 1.16. The monoisotopic (exact) mass is 223 g/mol. The Morgan fingerprint density at radius 3 is 2.44 bits per heavy atom. The summed E-state index contributed by atoms with van der Waals surface area (Å²) >= 11 is 0. The van der Waals surface area contributed by atoms with Crippen molar-refractivity contribution < 1.29 is 4.57 Å². The van der Waals surface area contributed by atoms with Crippen molar-refractivity contribution in [3.05, 3.63) is 18.2 Å². The maximum absolute atomic E-state index is 2.45. The molecule has 0 saturated heterocycles. The molecule has 0 aliphatic rings. The lowest BCUT2D eigenvalue weighted by Crippen LogP contribution is -2.37. The molecule has 1 aromatic rings. The van der Waals surface area contributed by atoms with Gasteiger partial charge in [0.1, 0.15) is 12.4 Å². The largest absolute Gasteiger partial charge is 0.256 e. The zero-order valence-electron chi connectivity index (χ0n) is 11.2. The summed E-state index contributed by atoms with van der Waals surface area (Å²) in [6.07, 6.45) is 12.1. The van der Waals surface area contributed by atoms with Crippen molar-refractivity contribution in [2.45, 2.75) is 72.4 Å². The summed E-state index contributed by atoms with van der Waals surface area (Å²) in [5.41, 5.74) is 0. The highest BCUT2D eigenvalue weighted by Gasteiger charge is 2.15. The lowest BCUT2D eigenvalue weighted by molar-refractivity contribution is -0.703. The third kappa shape index (κ3) is 3.66. The normalized spacial score (nSPS) is 10.9. The second kappa shape index (κ2) is 7.48. The lowest BCUT2D eigenvalue weighted by Gasteiger charge is -2.03. The molecular formula is C14H27N2+. The molecule has 2 nitrogen and oxygen atoms in total. The van der Waals surface area contributed by atoms with E-state index in [1.807, 2.05) is 0 Å². The van der Waals surface area contributed by atoms with Gasteiger partial charge in [-0.05, 0) is 19.3 Å². The maximum Gasteiger partial charge on any atom is 0.256 e. The molecule has 2 heteroatoms. The fraction of sp³-hybridized carbons (Fsp3) is 0.786. The lowest BCUT2D eigenvalue weighted by atomic mass is 10.2. The number of unbranched alkanes of at least 4 members (excludes halogenated alkanes) is 2. The van der Waals surface area contributed by atoms with E-state index in [0.717, 1.165) is 6.54 Å². The number of imidazole rings is 1. The number of aryl methyl sites for hydroxylation is 2. The van der Waals surface area contributed by atoms with Gasteiger partial charge in [0.25, 0.3) is 5.82 Å². The number of rotatable bonds is 8. The predicted octanol–water partition coefficient (Wildman–Crippen LogP) is 3.33. The molecule has 1 rings (SSSR count). The van der Waals surface area contributed by atoms with Gasteiger partial charge in [0, 0.05) is 6.42 Å². The molecule has 92 valence electrons. The van der Waals surface area contributed by atoms with Crippen LogP contribution in [0.15, 0.2) is 12.4 Å². The van der Waals surface area contributed by atoms with E-state index in [0.29, 0.717) is 0 Å². The molecule has 0 spiro atoms. The van der Waals surface area contributed by atoms with E-state index in [2.05, 4.69) is 42.3 Å². The SMILES string of the molecule is CCCCc1n(CCCC)cc[n+]1CCC. The highest BCUT2D eigenvalue weighted by atomic mass is 15.1. The average molecular weight is 223 g/mol. The molecule has 0 saturated carbocycles. The quantitative estimate of drug-likeness (QED) is 0.598. The summed E-state index contributed by atoms with van der Waals surface area (Å²) in [7, 11) is 0. The van der Waals surface area contributed by atoms with Crippen molar-refractivity contribution in [2.24, 2.45) is 0 Å². The first-order chi connectivity index (χ1) is 7.83. The highest BCUT2D eigenvalue weighted by molar-refractivity contribution is 4.84. The van der Waals surface area contributed by atoms with E-state index < -0.39 is 0 Å². The molecule has 0 atom stereocenters. The number of aromatic nitrogens is 2. The number of nitrogens with zero attached hydrogens (tertiary/aromatic N) is 2. The van der Waals surface area contributed by atoms with E-state index in [-0.39, 0.29) is 0 Å². The maximum atomic E-state index is 2.45. The van der Waals surface area contributed by atoms with Crippen LogP contribution in [0.25, 0.3) is 0 Å². The molecule has 0 fully saturated rings. The van der Waals surface area contributed by atoms with Gasteiger partial charge in [0.05, 0.1) is 13.1 Å².